The van der Waals surface area contributed by atoms with Crippen molar-refractivity contribution in [1.82, 2.24) is 0 Å². The fourth-order valence-electron chi connectivity index (χ4n) is 2.30. The largest absolute Gasteiger partial charge is 0.612 e. The van der Waals surface area contributed by atoms with Gasteiger partial charge in [0.2, 0.25) is 5.39 Å². The number of methoxy groups -OCH3 is 1. The van der Waals surface area contributed by atoms with Crippen molar-refractivity contribution in [3.05, 3.63) is 28.9 Å². The third-order valence-corrected chi connectivity index (χ3v) is 8.38. The lowest BCUT2D eigenvalue weighted by Gasteiger charge is -2.33. The van der Waals surface area contributed by atoms with Crippen LogP contribution in [0.2, 0.25) is 11.1 Å². The maximum absolute atomic E-state index is 11.9. The zero-order valence-electron chi connectivity index (χ0n) is 12.5. The molecule has 19 heavy (non-hydrogen) atoms. The molecular formula is C13H24N2O3Si. The first-order chi connectivity index (χ1) is 8.88. The Morgan fingerprint density at radius 1 is 1.37 bits per heavy atom. The molecule has 0 aliphatic rings. The Morgan fingerprint density at radius 2 is 1.89 bits per heavy atom. The summed E-state index contributed by atoms with van der Waals surface area (Å²) in [5.74, 6) is -0.616. The molecule has 0 fully saturated rings. The van der Waals surface area contributed by atoms with Gasteiger partial charge in [-0.25, -0.2) is 0 Å². The van der Waals surface area contributed by atoms with Gasteiger partial charge < -0.3 is 14.3 Å². The second-order valence-electron chi connectivity index (χ2n) is 4.97. The number of rotatable bonds is 8. The fraction of sp³-hybridized carbons (Fsp3) is 0.692. The Bertz CT molecular complexity index is 365. The van der Waals surface area contributed by atoms with Gasteiger partial charge in [-0.3, -0.25) is 0 Å². The Labute approximate surface area is 116 Å². The topological polar surface area (TPSA) is 69.7 Å². The summed E-state index contributed by atoms with van der Waals surface area (Å²) in [4.78, 5) is 3.21. The predicted octanol–water partition coefficient (Wildman–Crippen LogP) is 2.91. The fourth-order valence-corrected chi connectivity index (χ4v) is 6.57. The van der Waals surface area contributed by atoms with E-state index in [0.29, 0.717) is 13.0 Å². The van der Waals surface area contributed by atoms with Crippen molar-refractivity contribution in [2.75, 3.05) is 13.7 Å². The summed E-state index contributed by atoms with van der Waals surface area (Å²) >= 11 is 0. The maximum Gasteiger partial charge on any atom is 0.379 e. The Morgan fingerprint density at radius 3 is 2.21 bits per heavy atom. The van der Waals surface area contributed by atoms with E-state index in [1.807, 2.05) is 27.7 Å². The smallest absolute Gasteiger partial charge is 0.379 e. The van der Waals surface area contributed by atoms with E-state index >= 15 is 0 Å². The SMILES string of the molecule is C=CCCO[Si](C([N+]#N)=C([O-])OC)(C(C)C)C(C)C. The summed E-state index contributed by atoms with van der Waals surface area (Å²) in [5.41, 5.74) is 0.171. The number of hydrogen-bond acceptors (Lipinski definition) is 4. The standard InChI is InChI=1S/C13H24N2O3Si/c1-7-8-9-18-19(10(2)3,11(4)5)12(15-14)13(16)17-6/h7,10-11H,1,8-9H2,2-6H3. The molecule has 0 aliphatic heterocycles. The molecule has 0 aliphatic carbocycles. The molecule has 0 radical (unpaired) electrons. The van der Waals surface area contributed by atoms with E-state index in [4.69, 9.17) is 9.16 Å². The van der Waals surface area contributed by atoms with Crippen molar-refractivity contribution < 1.29 is 14.3 Å². The van der Waals surface area contributed by atoms with Crippen LogP contribution in [0.4, 0.5) is 0 Å². The molecule has 108 valence electrons. The molecule has 0 unspecified atom stereocenters. The Hall–Kier alpha value is -1.32. The van der Waals surface area contributed by atoms with Crippen LogP contribution in [-0.4, -0.2) is 22.0 Å². The van der Waals surface area contributed by atoms with Crippen molar-refractivity contribution in [2.24, 2.45) is 0 Å². The summed E-state index contributed by atoms with van der Waals surface area (Å²) in [6.07, 6.45) is 2.45. The first-order valence-corrected chi connectivity index (χ1v) is 8.50. The van der Waals surface area contributed by atoms with Crippen LogP contribution in [0.15, 0.2) is 23.9 Å². The highest BCUT2D eigenvalue weighted by atomic mass is 28.4. The second kappa shape index (κ2) is 7.97. The third-order valence-electron chi connectivity index (χ3n) is 3.23. The lowest BCUT2D eigenvalue weighted by molar-refractivity contribution is -0.354. The van der Waals surface area contributed by atoms with Gasteiger partial charge in [0.1, 0.15) is 5.95 Å². The Kier molecular flexibility index (Phi) is 7.42. The normalized spacial score (nSPS) is 13.2. The molecule has 0 atom stereocenters. The minimum atomic E-state index is -2.72. The highest BCUT2D eigenvalue weighted by Gasteiger charge is 2.56. The van der Waals surface area contributed by atoms with Gasteiger partial charge in [0.25, 0.3) is 0 Å². The van der Waals surface area contributed by atoms with E-state index in [1.54, 1.807) is 6.08 Å². The van der Waals surface area contributed by atoms with Crippen molar-refractivity contribution >= 4 is 8.32 Å². The molecule has 0 aromatic carbocycles. The number of diazo groups is 1. The first kappa shape index (κ1) is 17.7. The van der Waals surface area contributed by atoms with Crippen molar-refractivity contribution in [1.29, 1.82) is 5.39 Å². The quantitative estimate of drug-likeness (QED) is 0.226. The highest BCUT2D eigenvalue weighted by molar-refractivity contribution is 6.83. The van der Waals surface area contributed by atoms with Gasteiger partial charge >= 0.3 is 13.6 Å². The first-order valence-electron chi connectivity index (χ1n) is 6.44. The molecule has 0 aromatic rings. The van der Waals surface area contributed by atoms with Gasteiger partial charge in [-0.2, -0.15) is 0 Å². The molecule has 0 rings (SSSR count). The lowest BCUT2D eigenvalue weighted by atomic mass is 10.5. The average Bonchev–Trinajstić information content (AvgIpc) is 2.36. The van der Waals surface area contributed by atoms with E-state index in [0.717, 1.165) is 0 Å². The van der Waals surface area contributed by atoms with E-state index in [9.17, 15) is 10.5 Å². The van der Waals surface area contributed by atoms with E-state index in [1.165, 1.54) is 7.11 Å². The molecule has 0 heterocycles. The van der Waals surface area contributed by atoms with E-state index in [-0.39, 0.29) is 16.4 Å². The van der Waals surface area contributed by atoms with Crippen LogP contribution in [0.5, 0.6) is 0 Å². The molecule has 0 bridgehead atoms. The summed E-state index contributed by atoms with van der Waals surface area (Å²) in [6.45, 7) is 12.0. The van der Waals surface area contributed by atoms with Crippen LogP contribution in [0, 0.1) is 5.39 Å². The summed E-state index contributed by atoms with van der Waals surface area (Å²) < 4.78 is 10.8. The molecule has 0 aromatic heterocycles. The van der Waals surface area contributed by atoms with Gasteiger partial charge in [0.15, 0.2) is 4.98 Å². The van der Waals surface area contributed by atoms with Crippen LogP contribution in [0.1, 0.15) is 34.1 Å². The third kappa shape index (κ3) is 3.82. The Balaban J connectivity index is 5.71. The van der Waals surface area contributed by atoms with Gasteiger partial charge in [0, 0.05) is 6.61 Å². The van der Waals surface area contributed by atoms with Crippen LogP contribution in [0.25, 0.3) is 4.98 Å². The number of hydrogen-bond donors (Lipinski definition) is 0. The van der Waals surface area contributed by atoms with Crippen LogP contribution < -0.4 is 5.11 Å². The summed E-state index contributed by atoms with van der Waals surface area (Å²) in [5, 5.41) is 21.1. The van der Waals surface area contributed by atoms with Crippen LogP contribution >= 0.6 is 0 Å². The van der Waals surface area contributed by atoms with Crippen LogP contribution in [-0.2, 0) is 9.16 Å². The van der Waals surface area contributed by atoms with E-state index < -0.39 is 14.3 Å². The average molecular weight is 284 g/mol. The van der Waals surface area contributed by atoms with Gasteiger partial charge in [-0.05, 0) is 24.6 Å². The molecule has 0 N–H and O–H groups in total. The van der Waals surface area contributed by atoms with Gasteiger partial charge in [0.05, 0.1) is 0 Å². The zero-order chi connectivity index (χ0) is 15.1. The maximum atomic E-state index is 11.9. The molecule has 0 spiro atoms. The van der Waals surface area contributed by atoms with Gasteiger partial charge in [-0.1, -0.05) is 33.8 Å². The second-order valence-corrected chi connectivity index (χ2v) is 9.63. The number of nitrogens with zero attached hydrogens (tertiary/aromatic N) is 2. The molecule has 0 saturated carbocycles. The molecule has 0 amide bonds. The van der Waals surface area contributed by atoms with E-state index in [2.05, 4.69) is 11.6 Å². The number of ether oxygens (including phenoxy) is 1. The summed E-state index contributed by atoms with van der Waals surface area (Å²) in [7, 11) is -1.45. The predicted molar refractivity (Wildman–Crippen MR) is 75.8 cm³/mol. The lowest BCUT2D eigenvalue weighted by Crippen LogP contribution is -2.48. The van der Waals surface area contributed by atoms with Crippen molar-refractivity contribution in [2.45, 2.75) is 45.2 Å². The molecule has 6 heteroatoms. The highest BCUT2D eigenvalue weighted by Crippen LogP contribution is 2.40. The summed E-state index contributed by atoms with van der Waals surface area (Å²) in [6, 6.07) is 0. The van der Waals surface area contributed by atoms with Gasteiger partial charge in [-0.15, -0.1) is 6.58 Å². The molecule has 0 saturated heterocycles. The van der Waals surface area contributed by atoms with Crippen LogP contribution in [0.3, 0.4) is 0 Å². The minimum Gasteiger partial charge on any atom is -0.612 e. The molecular weight excluding hydrogens is 260 g/mol. The van der Waals surface area contributed by atoms with Crippen molar-refractivity contribution in [3.63, 3.8) is 0 Å². The van der Waals surface area contributed by atoms with Crippen molar-refractivity contribution in [3.8, 4) is 0 Å². The zero-order valence-corrected chi connectivity index (χ0v) is 13.5. The molecule has 5 nitrogen and oxygen atoms in total. The monoisotopic (exact) mass is 284 g/mol. The minimum absolute atomic E-state index is 0.0454.